The van der Waals surface area contributed by atoms with Gasteiger partial charge in [0, 0.05) is 12.1 Å². The first kappa shape index (κ1) is 13.3. The summed E-state index contributed by atoms with van der Waals surface area (Å²) in [5, 5.41) is 9.19. The lowest BCUT2D eigenvalue weighted by molar-refractivity contribution is -0.299. The first-order valence-corrected chi connectivity index (χ1v) is 7.22. The normalized spacial score (nSPS) is 37.0. The van der Waals surface area contributed by atoms with Gasteiger partial charge >= 0.3 is 0 Å². The Kier molecular flexibility index (Phi) is 2.72. The Balaban J connectivity index is 1.59. The van der Waals surface area contributed by atoms with Gasteiger partial charge in [-0.1, -0.05) is 0 Å². The van der Waals surface area contributed by atoms with E-state index in [2.05, 4.69) is 6.07 Å². The van der Waals surface area contributed by atoms with Crippen LogP contribution in [-0.4, -0.2) is 35.0 Å². The maximum absolute atomic E-state index is 9.19. The summed E-state index contributed by atoms with van der Waals surface area (Å²) in [4.78, 5) is 0. The predicted octanol–water partition coefficient (Wildman–Crippen LogP) is 1.53. The summed E-state index contributed by atoms with van der Waals surface area (Å²) >= 11 is 0. The molecule has 1 unspecified atom stereocenters. The standard InChI is InChI=1S/C15H18N2O4/c1-14(2)20-12-5-15(19-8-13(12)21-14)9-17-10(6-16)3-4-11(17)7-18-15/h3-4,12-13H,5,7-9H2,1-2H3/t12-,13+,15?/m0/s1. The third-order valence-electron chi connectivity index (χ3n) is 4.38. The Morgan fingerprint density at radius 1 is 1.24 bits per heavy atom. The quantitative estimate of drug-likeness (QED) is 0.725. The van der Waals surface area contributed by atoms with Crippen LogP contribution in [0.2, 0.25) is 0 Å². The van der Waals surface area contributed by atoms with Crippen molar-refractivity contribution in [2.24, 2.45) is 0 Å². The fourth-order valence-electron chi connectivity index (χ4n) is 3.45. The topological polar surface area (TPSA) is 65.6 Å². The van der Waals surface area contributed by atoms with Gasteiger partial charge in [-0.15, -0.1) is 0 Å². The largest absolute Gasteiger partial charge is 0.345 e. The van der Waals surface area contributed by atoms with Gasteiger partial charge in [0.25, 0.3) is 0 Å². The van der Waals surface area contributed by atoms with Crippen molar-refractivity contribution in [2.75, 3.05) is 6.61 Å². The molecule has 3 aliphatic heterocycles. The Bertz CT molecular complexity index is 618. The molecule has 1 spiro atoms. The maximum Gasteiger partial charge on any atom is 0.189 e. The molecule has 1 aromatic rings. The van der Waals surface area contributed by atoms with Crippen molar-refractivity contribution in [2.45, 2.75) is 57.2 Å². The van der Waals surface area contributed by atoms with Crippen LogP contribution in [-0.2, 0) is 32.1 Å². The summed E-state index contributed by atoms with van der Waals surface area (Å²) in [7, 11) is 0. The molecule has 21 heavy (non-hydrogen) atoms. The number of aromatic nitrogens is 1. The molecule has 6 heteroatoms. The third kappa shape index (κ3) is 2.09. The Labute approximate surface area is 123 Å². The van der Waals surface area contributed by atoms with Gasteiger partial charge in [0.2, 0.25) is 0 Å². The van der Waals surface area contributed by atoms with Crippen LogP contribution in [0.15, 0.2) is 12.1 Å². The first-order chi connectivity index (χ1) is 10.0. The fourth-order valence-corrected chi connectivity index (χ4v) is 3.45. The molecular formula is C15H18N2O4. The van der Waals surface area contributed by atoms with Gasteiger partial charge in [0.15, 0.2) is 11.6 Å². The first-order valence-electron chi connectivity index (χ1n) is 7.22. The van der Waals surface area contributed by atoms with Crippen LogP contribution in [0.3, 0.4) is 0 Å². The van der Waals surface area contributed by atoms with E-state index in [0.29, 0.717) is 31.9 Å². The molecule has 0 amide bonds. The Morgan fingerprint density at radius 3 is 2.86 bits per heavy atom. The monoisotopic (exact) mass is 290 g/mol. The minimum atomic E-state index is -0.720. The zero-order chi connectivity index (χ0) is 14.7. The summed E-state index contributed by atoms with van der Waals surface area (Å²) in [6.45, 7) is 5.25. The zero-order valence-electron chi connectivity index (χ0n) is 12.2. The highest BCUT2D eigenvalue weighted by Crippen LogP contribution is 2.41. The summed E-state index contributed by atoms with van der Waals surface area (Å²) in [5.74, 6) is -1.29. The van der Waals surface area contributed by atoms with Crippen molar-refractivity contribution in [3.05, 3.63) is 23.5 Å². The molecule has 3 aliphatic rings. The lowest BCUT2D eigenvalue weighted by Gasteiger charge is -2.43. The lowest BCUT2D eigenvalue weighted by Crippen LogP contribution is -2.53. The fraction of sp³-hybridized carbons (Fsp3) is 0.667. The second-order valence-corrected chi connectivity index (χ2v) is 6.33. The molecule has 2 fully saturated rings. The van der Waals surface area contributed by atoms with E-state index in [9.17, 15) is 5.26 Å². The second-order valence-electron chi connectivity index (χ2n) is 6.33. The van der Waals surface area contributed by atoms with E-state index < -0.39 is 11.6 Å². The van der Waals surface area contributed by atoms with E-state index in [1.165, 1.54) is 0 Å². The summed E-state index contributed by atoms with van der Waals surface area (Å²) in [5.41, 5.74) is 1.65. The van der Waals surface area contributed by atoms with E-state index in [4.69, 9.17) is 18.9 Å². The van der Waals surface area contributed by atoms with Gasteiger partial charge in [0.05, 0.1) is 25.9 Å². The van der Waals surface area contributed by atoms with Gasteiger partial charge in [-0.3, -0.25) is 0 Å². The van der Waals surface area contributed by atoms with E-state index in [0.717, 1.165) is 5.69 Å². The highest BCUT2D eigenvalue weighted by Gasteiger charge is 2.52. The van der Waals surface area contributed by atoms with Gasteiger partial charge in [-0.05, 0) is 26.0 Å². The molecule has 3 atom stereocenters. The van der Waals surface area contributed by atoms with Crippen molar-refractivity contribution < 1.29 is 18.9 Å². The molecular weight excluding hydrogens is 272 g/mol. The number of hydrogen-bond donors (Lipinski definition) is 0. The molecule has 1 aromatic heterocycles. The summed E-state index contributed by atoms with van der Waals surface area (Å²) < 4.78 is 25.7. The van der Waals surface area contributed by atoms with Crippen LogP contribution in [0.5, 0.6) is 0 Å². The smallest absolute Gasteiger partial charge is 0.189 e. The van der Waals surface area contributed by atoms with E-state index in [1.807, 2.05) is 30.5 Å². The second kappa shape index (κ2) is 4.31. The number of rotatable bonds is 0. The number of fused-ring (bicyclic) bond motifs is 2. The highest BCUT2D eigenvalue weighted by molar-refractivity contribution is 5.28. The molecule has 6 nitrogen and oxygen atoms in total. The molecule has 0 saturated carbocycles. The molecule has 0 aliphatic carbocycles. The van der Waals surface area contributed by atoms with E-state index >= 15 is 0 Å². The van der Waals surface area contributed by atoms with Crippen LogP contribution in [0, 0.1) is 11.3 Å². The molecule has 0 radical (unpaired) electrons. The Morgan fingerprint density at radius 2 is 2.05 bits per heavy atom. The summed E-state index contributed by atoms with van der Waals surface area (Å²) in [6.07, 6.45) is 0.538. The Hall–Kier alpha value is -1.39. The predicted molar refractivity (Wildman–Crippen MR) is 71.1 cm³/mol. The van der Waals surface area contributed by atoms with Crippen molar-refractivity contribution in [1.82, 2.24) is 4.57 Å². The summed E-state index contributed by atoms with van der Waals surface area (Å²) in [6, 6.07) is 5.96. The van der Waals surface area contributed by atoms with E-state index in [1.54, 1.807) is 0 Å². The molecule has 4 rings (SSSR count). The third-order valence-corrected chi connectivity index (χ3v) is 4.38. The molecule has 4 heterocycles. The lowest BCUT2D eigenvalue weighted by atomic mass is 9.99. The van der Waals surface area contributed by atoms with Crippen molar-refractivity contribution in [3.63, 3.8) is 0 Å². The van der Waals surface area contributed by atoms with Crippen LogP contribution in [0.25, 0.3) is 0 Å². The van der Waals surface area contributed by atoms with Crippen LogP contribution >= 0.6 is 0 Å². The zero-order valence-corrected chi connectivity index (χ0v) is 12.2. The van der Waals surface area contributed by atoms with Gasteiger partial charge in [0.1, 0.15) is 17.9 Å². The van der Waals surface area contributed by atoms with Crippen molar-refractivity contribution >= 4 is 0 Å². The van der Waals surface area contributed by atoms with Crippen LogP contribution in [0.4, 0.5) is 0 Å². The minimum Gasteiger partial charge on any atom is -0.345 e. The maximum atomic E-state index is 9.19. The molecule has 0 N–H and O–H groups in total. The average Bonchev–Trinajstić information content (AvgIpc) is 2.96. The molecule has 2 saturated heterocycles. The minimum absolute atomic E-state index is 0.0311. The van der Waals surface area contributed by atoms with Crippen LogP contribution in [0.1, 0.15) is 31.7 Å². The molecule has 112 valence electrons. The van der Waals surface area contributed by atoms with Gasteiger partial charge in [-0.25, -0.2) is 0 Å². The average molecular weight is 290 g/mol. The molecule has 0 aromatic carbocycles. The molecule has 0 bridgehead atoms. The number of hydrogen-bond acceptors (Lipinski definition) is 5. The van der Waals surface area contributed by atoms with Crippen molar-refractivity contribution in [3.8, 4) is 6.07 Å². The van der Waals surface area contributed by atoms with Gasteiger partial charge < -0.3 is 23.5 Å². The number of nitrogens with zero attached hydrogens (tertiary/aromatic N) is 2. The number of nitriles is 1. The van der Waals surface area contributed by atoms with Crippen LogP contribution < -0.4 is 0 Å². The van der Waals surface area contributed by atoms with Gasteiger partial charge in [-0.2, -0.15) is 5.26 Å². The number of ether oxygens (including phenoxy) is 4. The SMILES string of the molecule is CC1(C)O[C@H]2CC3(Cn4c(C#N)ccc4CO3)OC[C@H]2O1. The van der Waals surface area contributed by atoms with E-state index in [-0.39, 0.29) is 12.2 Å². The highest BCUT2D eigenvalue weighted by atomic mass is 16.8. The van der Waals surface area contributed by atoms with Crippen molar-refractivity contribution in [1.29, 1.82) is 5.26 Å².